The normalized spacial score (nSPS) is 12.7. The first-order valence-corrected chi connectivity index (χ1v) is 13.7. The highest BCUT2D eigenvalue weighted by molar-refractivity contribution is 8.01. The van der Waals surface area contributed by atoms with Gasteiger partial charge in [-0.25, -0.2) is 4.21 Å². The Labute approximate surface area is 214 Å². The van der Waals surface area contributed by atoms with Gasteiger partial charge in [-0.1, -0.05) is 18.2 Å². The van der Waals surface area contributed by atoms with E-state index in [1.807, 2.05) is 43.5 Å². The molecule has 1 heterocycles. The summed E-state index contributed by atoms with van der Waals surface area (Å²) in [6.45, 7) is 1.92. The fraction of sp³-hybridized carbons (Fsp3) is 0.208. The van der Waals surface area contributed by atoms with Gasteiger partial charge in [0.1, 0.15) is 11.9 Å². The number of carbonyl (C=O) groups excluding carboxylic acids is 1. The summed E-state index contributed by atoms with van der Waals surface area (Å²) in [5.74, 6) is -1.49. The Morgan fingerprint density at radius 1 is 1.23 bits per heavy atom. The van der Waals surface area contributed by atoms with Crippen LogP contribution in [0.25, 0.3) is 11.1 Å². The Morgan fingerprint density at radius 2 is 1.97 bits per heavy atom. The molecule has 0 spiro atoms. The van der Waals surface area contributed by atoms with Gasteiger partial charge in [-0.15, -0.1) is 23.1 Å². The lowest BCUT2D eigenvalue weighted by Crippen LogP contribution is -2.31. The SMILES string of the molecule is CSc1sc(C(=N)N)cc1S(=O)c1cccc(-c2ccc(NC(=O)CCC(N)C(=O)O)cc2C)c1. The summed E-state index contributed by atoms with van der Waals surface area (Å²) in [7, 11) is -1.44. The first-order chi connectivity index (χ1) is 16.6. The van der Waals surface area contributed by atoms with Crippen molar-refractivity contribution in [3.05, 3.63) is 59.0 Å². The molecule has 1 amide bonds. The molecule has 0 aliphatic rings. The zero-order chi connectivity index (χ0) is 25.7. The van der Waals surface area contributed by atoms with Crippen molar-refractivity contribution in [2.75, 3.05) is 11.6 Å². The van der Waals surface area contributed by atoms with Crippen LogP contribution >= 0.6 is 23.1 Å². The largest absolute Gasteiger partial charge is 0.480 e. The molecule has 2 unspecified atom stereocenters. The van der Waals surface area contributed by atoms with E-state index < -0.39 is 22.8 Å². The Balaban J connectivity index is 1.79. The monoisotopic (exact) mass is 530 g/mol. The molecule has 0 radical (unpaired) electrons. The van der Waals surface area contributed by atoms with E-state index in [-0.39, 0.29) is 24.6 Å². The van der Waals surface area contributed by atoms with Crippen molar-refractivity contribution in [2.24, 2.45) is 11.5 Å². The number of anilines is 1. The van der Waals surface area contributed by atoms with E-state index in [1.165, 1.54) is 23.1 Å². The molecule has 0 bridgehead atoms. The fourth-order valence-corrected chi connectivity index (χ4v) is 6.85. The molecule has 0 aliphatic carbocycles. The Morgan fingerprint density at radius 3 is 2.60 bits per heavy atom. The van der Waals surface area contributed by atoms with Crippen molar-refractivity contribution in [1.29, 1.82) is 5.41 Å². The lowest BCUT2D eigenvalue weighted by atomic mass is 10.00. The third-order valence-corrected chi connectivity index (χ3v) is 9.15. The third-order valence-electron chi connectivity index (χ3n) is 5.19. The summed E-state index contributed by atoms with van der Waals surface area (Å²) in [5, 5.41) is 19.3. The first kappa shape index (κ1) is 26.6. The van der Waals surface area contributed by atoms with Crippen molar-refractivity contribution < 1.29 is 18.9 Å². The smallest absolute Gasteiger partial charge is 0.320 e. The average molecular weight is 531 g/mol. The molecular formula is C24H26N4O4S3. The van der Waals surface area contributed by atoms with Gasteiger partial charge in [0.2, 0.25) is 5.91 Å². The number of aryl methyl sites for hydroxylation is 1. The summed E-state index contributed by atoms with van der Waals surface area (Å²) in [6, 6.07) is 13.6. The van der Waals surface area contributed by atoms with Gasteiger partial charge < -0.3 is 21.9 Å². The van der Waals surface area contributed by atoms with Crippen LogP contribution in [0.5, 0.6) is 0 Å². The number of aliphatic carboxylic acids is 1. The summed E-state index contributed by atoms with van der Waals surface area (Å²) in [4.78, 5) is 24.8. The molecule has 8 nitrogen and oxygen atoms in total. The molecule has 0 fully saturated rings. The Bertz CT molecular complexity index is 1310. The van der Waals surface area contributed by atoms with Gasteiger partial charge in [0.25, 0.3) is 0 Å². The minimum absolute atomic E-state index is 0.00802. The minimum Gasteiger partial charge on any atom is -0.480 e. The maximum Gasteiger partial charge on any atom is 0.320 e. The molecular weight excluding hydrogens is 504 g/mol. The summed E-state index contributed by atoms with van der Waals surface area (Å²) in [6.07, 6.45) is 1.96. The van der Waals surface area contributed by atoms with Crippen LogP contribution < -0.4 is 16.8 Å². The number of carboxylic acids is 1. The molecule has 7 N–H and O–H groups in total. The molecule has 0 saturated carbocycles. The zero-order valence-corrected chi connectivity index (χ0v) is 21.6. The average Bonchev–Trinajstić information content (AvgIpc) is 3.27. The summed E-state index contributed by atoms with van der Waals surface area (Å²) >= 11 is 2.83. The number of amides is 1. The molecule has 11 heteroatoms. The second-order valence-electron chi connectivity index (χ2n) is 7.74. The van der Waals surface area contributed by atoms with Gasteiger partial charge in [0.05, 0.1) is 24.8 Å². The number of amidine groups is 1. The number of nitrogens with two attached hydrogens (primary N) is 2. The number of hydrogen-bond donors (Lipinski definition) is 5. The number of nitrogen functional groups attached to an aromatic ring is 1. The molecule has 1 aromatic heterocycles. The Kier molecular flexibility index (Phi) is 8.84. The van der Waals surface area contributed by atoms with E-state index in [9.17, 15) is 13.8 Å². The van der Waals surface area contributed by atoms with Crippen LogP contribution in [0.15, 0.2) is 62.5 Å². The molecule has 0 aliphatic heterocycles. The van der Waals surface area contributed by atoms with Gasteiger partial charge in [0, 0.05) is 17.0 Å². The number of carbonyl (C=O) groups is 2. The maximum atomic E-state index is 13.4. The van der Waals surface area contributed by atoms with Gasteiger partial charge >= 0.3 is 5.97 Å². The zero-order valence-electron chi connectivity index (χ0n) is 19.2. The second kappa shape index (κ2) is 11.6. The van der Waals surface area contributed by atoms with Crippen LogP contribution in [0.2, 0.25) is 0 Å². The van der Waals surface area contributed by atoms with Crippen LogP contribution in [0.3, 0.4) is 0 Å². The quantitative estimate of drug-likeness (QED) is 0.150. The number of nitrogens with one attached hydrogen (secondary N) is 2. The van der Waals surface area contributed by atoms with E-state index in [4.69, 9.17) is 22.0 Å². The minimum atomic E-state index is -1.44. The molecule has 0 saturated heterocycles. The number of carboxylic acid groups (broad SMARTS) is 1. The highest BCUT2D eigenvalue weighted by Gasteiger charge is 2.18. The van der Waals surface area contributed by atoms with Gasteiger partial charge in [0.15, 0.2) is 0 Å². The molecule has 2 atom stereocenters. The van der Waals surface area contributed by atoms with E-state index in [2.05, 4.69) is 5.32 Å². The number of benzene rings is 2. The number of rotatable bonds is 10. The van der Waals surface area contributed by atoms with Crippen molar-refractivity contribution in [3.8, 4) is 11.1 Å². The van der Waals surface area contributed by atoms with Crippen molar-refractivity contribution in [1.82, 2.24) is 0 Å². The molecule has 35 heavy (non-hydrogen) atoms. The third kappa shape index (κ3) is 6.57. The van der Waals surface area contributed by atoms with Gasteiger partial charge in [-0.3, -0.25) is 15.0 Å². The predicted octanol–water partition coefficient (Wildman–Crippen LogP) is 4.03. The molecule has 3 rings (SSSR count). The molecule has 2 aromatic carbocycles. The van der Waals surface area contributed by atoms with Crippen molar-refractivity contribution in [2.45, 2.75) is 39.8 Å². The van der Waals surface area contributed by atoms with Gasteiger partial charge in [-0.2, -0.15) is 0 Å². The highest BCUT2D eigenvalue weighted by Crippen LogP contribution is 2.36. The van der Waals surface area contributed by atoms with Crippen LogP contribution in [0.1, 0.15) is 23.3 Å². The second-order valence-corrected chi connectivity index (χ2v) is 11.3. The number of thiophene rings is 1. The van der Waals surface area contributed by atoms with Crippen molar-refractivity contribution in [3.63, 3.8) is 0 Å². The Hall–Kier alpha value is -2.99. The van der Waals surface area contributed by atoms with Crippen LogP contribution in [0.4, 0.5) is 5.69 Å². The highest BCUT2D eigenvalue weighted by atomic mass is 32.2. The van der Waals surface area contributed by atoms with E-state index >= 15 is 0 Å². The standard InChI is InChI=1S/C24H26N4O4S3/c1-13-10-15(28-21(29)9-8-18(25)23(30)31)6-7-17(13)14-4-3-5-16(11-14)35(32)20-12-19(22(26)27)34-24(20)33-2/h3-7,10-12,18H,8-9,25H2,1-2H3,(H3,26,27)(H,28,29)(H,30,31). The van der Waals surface area contributed by atoms with E-state index in [1.54, 1.807) is 18.2 Å². The van der Waals surface area contributed by atoms with Crippen LogP contribution in [-0.2, 0) is 20.4 Å². The van der Waals surface area contributed by atoms with E-state index in [0.717, 1.165) is 20.9 Å². The fourth-order valence-electron chi connectivity index (χ4n) is 3.37. The van der Waals surface area contributed by atoms with Gasteiger partial charge in [-0.05, 0) is 66.6 Å². The number of hydrogen-bond acceptors (Lipinski definition) is 7. The predicted molar refractivity (Wildman–Crippen MR) is 142 cm³/mol. The molecule has 3 aromatic rings. The van der Waals surface area contributed by atoms with Crippen LogP contribution in [0, 0.1) is 12.3 Å². The lowest BCUT2D eigenvalue weighted by Gasteiger charge is -2.12. The number of thioether (sulfide) groups is 1. The van der Waals surface area contributed by atoms with Crippen molar-refractivity contribution >= 4 is 57.3 Å². The molecule has 184 valence electrons. The lowest BCUT2D eigenvalue weighted by molar-refractivity contribution is -0.138. The summed E-state index contributed by atoms with van der Waals surface area (Å²) < 4.78 is 14.2. The van der Waals surface area contributed by atoms with E-state index in [0.29, 0.717) is 20.4 Å². The van der Waals surface area contributed by atoms with Crippen LogP contribution in [-0.4, -0.2) is 39.3 Å². The first-order valence-electron chi connectivity index (χ1n) is 10.5. The topological polar surface area (TPSA) is 159 Å². The summed E-state index contributed by atoms with van der Waals surface area (Å²) in [5.41, 5.74) is 14.4. The maximum absolute atomic E-state index is 13.4.